The highest BCUT2D eigenvalue weighted by atomic mass is 35.5. The number of nitrogens with one attached hydrogen (secondary N) is 1. The molecule has 1 aromatic carbocycles. The maximum absolute atomic E-state index is 12.7. The fourth-order valence-corrected chi connectivity index (χ4v) is 1.56. The van der Waals surface area contributed by atoms with E-state index in [0.29, 0.717) is 11.6 Å². The molecule has 0 saturated heterocycles. The molecule has 0 aliphatic rings. The summed E-state index contributed by atoms with van der Waals surface area (Å²) >= 11 is 5.76. The van der Waals surface area contributed by atoms with E-state index in [9.17, 15) is 9.18 Å². The summed E-state index contributed by atoms with van der Waals surface area (Å²) in [6.07, 6.45) is 1.47. The summed E-state index contributed by atoms with van der Waals surface area (Å²) in [6, 6.07) is 9.00. The Kier molecular flexibility index (Phi) is 3.89. The van der Waals surface area contributed by atoms with Crippen LogP contribution < -0.4 is 5.32 Å². The van der Waals surface area contributed by atoms with Crippen molar-refractivity contribution in [3.8, 4) is 0 Å². The minimum Gasteiger partial charge on any atom is -0.347 e. The molecule has 1 aromatic heterocycles. The van der Waals surface area contributed by atoms with Crippen molar-refractivity contribution in [3.63, 3.8) is 0 Å². The highest BCUT2D eigenvalue weighted by Gasteiger charge is 2.06. The second kappa shape index (κ2) is 5.60. The van der Waals surface area contributed by atoms with E-state index in [2.05, 4.69) is 10.3 Å². The van der Waals surface area contributed by atoms with Gasteiger partial charge in [-0.2, -0.15) is 0 Å². The van der Waals surface area contributed by atoms with E-state index >= 15 is 0 Å². The fourth-order valence-electron chi connectivity index (χ4n) is 1.40. The molecule has 1 amide bonds. The van der Waals surface area contributed by atoms with Gasteiger partial charge in [0.25, 0.3) is 5.91 Å². The van der Waals surface area contributed by atoms with Crippen LogP contribution in [0, 0.1) is 5.82 Å². The number of rotatable bonds is 3. The molecular formula is C13H10ClFN2O. The van der Waals surface area contributed by atoms with Crippen molar-refractivity contribution in [2.45, 2.75) is 6.54 Å². The van der Waals surface area contributed by atoms with Crippen molar-refractivity contribution in [1.29, 1.82) is 0 Å². The maximum atomic E-state index is 12.7. The average Bonchev–Trinajstić information content (AvgIpc) is 2.38. The molecule has 1 N–H and O–H groups in total. The van der Waals surface area contributed by atoms with Crippen molar-refractivity contribution in [3.05, 3.63) is 64.7 Å². The van der Waals surface area contributed by atoms with Crippen LogP contribution >= 0.6 is 11.6 Å². The zero-order chi connectivity index (χ0) is 13.0. The number of hydrogen-bond acceptors (Lipinski definition) is 2. The number of aromatic nitrogens is 1. The van der Waals surface area contributed by atoms with Crippen LogP contribution in [0.2, 0.25) is 5.02 Å². The van der Waals surface area contributed by atoms with Crippen LogP contribution in [0.3, 0.4) is 0 Å². The Morgan fingerprint density at radius 3 is 2.67 bits per heavy atom. The van der Waals surface area contributed by atoms with Crippen molar-refractivity contribution in [2.75, 3.05) is 0 Å². The molecule has 0 radical (unpaired) electrons. The van der Waals surface area contributed by atoms with Gasteiger partial charge in [0.1, 0.15) is 11.5 Å². The third kappa shape index (κ3) is 3.28. The number of pyridine rings is 1. The summed E-state index contributed by atoms with van der Waals surface area (Å²) in [6.45, 7) is 0.313. The summed E-state index contributed by atoms with van der Waals surface area (Å²) in [7, 11) is 0. The first-order valence-electron chi connectivity index (χ1n) is 5.29. The van der Waals surface area contributed by atoms with Crippen molar-refractivity contribution in [1.82, 2.24) is 10.3 Å². The second-order valence-corrected chi connectivity index (χ2v) is 4.10. The van der Waals surface area contributed by atoms with Crippen LogP contribution in [-0.4, -0.2) is 10.9 Å². The van der Waals surface area contributed by atoms with Crippen molar-refractivity contribution >= 4 is 17.5 Å². The normalized spacial score (nSPS) is 10.1. The molecular weight excluding hydrogens is 255 g/mol. The smallest absolute Gasteiger partial charge is 0.270 e. The van der Waals surface area contributed by atoms with Crippen LogP contribution in [0.25, 0.3) is 0 Å². The fraction of sp³-hybridized carbons (Fsp3) is 0.0769. The molecule has 3 nitrogen and oxygen atoms in total. The first kappa shape index (κ1) is 12.5. The Morgan fingerprint density at radius 2 is 2.00 bits per heavy atom. The summed E-state index contributed by atoms with van der Waals surface area (Å²) in [5.74, 6) is -0.622. The van der Waals surface area contributed by atoms with E-state index < -0.39 is 0 Å². The van der Waals surface area contributed by atoms with E-state index in [0.717, 1.165) is 5.56 Å². The second-order valence-electron chi connectivity index (χ2n) is 3.67. The molecule has 0 aliphatic heterocycles. The first-order valence-corrected chi connectivity index (χ1v) is 5.67. The Labute approximate surface area is 109 Å². The highest BCUT2D eigenvalue weighted by molar-refractivity contribution is 6.30. The Balaban J connectivity index is 1.98. The van der Waals surface area contributed by atoms with E-state index in [1.54, 1.807) is 18.2 Å². The molecule has 0 bridgehead atoms. The van der Waals surface area contributed by atoms with E-state index in [-0.39, 0.29) is 17.4 Å². The van der Waals surface area contributed by atoms with Gasteiger partial charge in [0, 0.05) is 17.8 Å². The third-order valence-electron chi connectivity index (χ3n) is 2.32. The number of amides is 1. The van der Waals surface area contributed by atoms with Crippen LogP contribution in [0.1, 0.15) is 16.1 Å². The topological polar surface area (TPSA) is 42.0 Å². The van der Waals surface area contributed by atoms with Gasteiger partial charge in [-0.3, -0.25) is 9.78 Å². The van der Waals surface area contributed by atoms with Crippen molar-refractivity contribution < 1.29 is 9.18 Å². The molecule has 1 heterocycles. The number of hydrogen-bond donors (Lipinski definition) is 1. The Hall–Kier alpha value is -1.94. The molecule has 2 aromatic rings. The Bertz CT molecular complexity index is 557. The first-order chi connectivity index (χ1) is 8.65. The maximum Gasteiger partial charge on any atom is 0.270 e. The van der Waals surface area contributed by atoms with Gasteiger partial charge in [0.15, 0.2) is 0 Å². The molecule has 18 heavy (non-hydrogen) atoms. The number of benzene rings is 1. The van der Waals surface area contributed by atoms with Gasteiger partial charge in [-0.05, 0) is 29.8 Å². The molecule has 0 fully saturated rings. The van der Waals surface area contributed by atoms with E-state index in [1.807, 2.05) is 0 Å². The molecule has 92 valence electrons. The molecule has 0 saturated carbocycles. The summed E-state index contributed by atoms with van der Waals surface area (Å²) in [5.41, 5.74) is 1.07. The lowest BCUT2D eigenvalue weighted by Crippen LogP contribution is -2.23. The van der Waals surface area contributed by atoms with Crippen LogP contribution in [0.15, 0.2) is 42.6 Å². The standard InChI is InChI=1S/C13H10ClFN2O/c14-10-5-6-16-12(7-10)13(18)17-8-9-1-3-11(15)4-2-9/h1-7H,8H2,(H,17,18). The summed E-state index contributed by atoms with van der Waals surface area (Å²) in [4.78, 5) is 15.6. The van der Waals surface area contributed by atoms with Gasteiger partial charge in [-0.15, -0.1) is 0 Å². The molecule has 5 heteroatoms. The van der Waals surface area contributed by atoms with Crippen LogP contribution in [0.5, 0.6) is 0 Å². The van der Waals surface area contributed by atoms with Gasteiger partial charge in [-0.25, -0.2) is 4.39 Å². The van der Waals surface area contributed by atoms with E-state index in [4.69, 9.17) is 11.6 Å². The van der Waals surface area contributed by atoms with Gasteiger partial charge in [-0.1, -0.05) is 23.7 Å². The highest BCUT2D eigenvalue weighted by Crippen LogP contribution is 2.08. The van der Waals surface area contributed by atoms with Crippen molar-refractivity contribution in [2.24, 2.45) is 0 Å². The largest absolute Gasteiger partial charge is 0.347 e. The number of carbonyl (C=O) groups excluding carboxylic acids is 1. The SMILES string of the molecule is O=C(NCc1ccc(F)cc1)c1cc(Cl)ccn1. The van der Waals surface area contributed by atoms with Gasteiger partial charge in [0.05, 0.1) is 0 Å². The van der Waals surface area contributed by atoms with Gasteiger partial charge >= 0.3 is 0 Å². The zero-order valence-electron chi connectivity index (χ0n) is 9.36. The molecule has 0 atom stereocenters. The molecule has 0 spiro atoms. The molecule has 0 unspecified atom stereocenters. The van der Waals surface area contributed by atoms with Crippen LogP contribution in [-0.2, 0) is 6.54 Å². The number of carbonyl (C=O) groups is 1. The van der Waals surface area contributed by atoms with E-state index in [1.165, 1.54) is 24.4 Å². The monoisotopic (exact) mass is 264 g/mol. The summed E-state index contributed by atoms with van der Waals surface area (Å²) in [5, 5.41) is 3.13. The van der Waals surface area contributed by atoms with Gasteiger partial charge < -0.3 is 5.32 Å². The number of halogens is 2. The average molecular weight is 265 g/mol. The van der Waals surface area contributed by atoms with Gasteiger partial charge in [0.2, 0.25) is 0 Å². The summed E-state index contributed by atoms with van der Waals surface area (Å²) < 4.78 is 12.7. The lowest BCUT2D eigenvalue weighted by atomic mass is 10.2. The quantitative estimate of drug-likeness (QED) is 0.926. The predicted octanol–water partition coefficient (Wildman–Crippen LogP) is 2.80. The lowest BCUT2D eigenvalue weighted by Gasteiger charge is -2.05. The Morgan fingerprint density at radius 1 is 1.28 bits per heavy atom. The minimum atomic E-state index is -0.318. The molecule has 0 aliphatic carbocycles. The van der Waals surface area contributed by atoms with Crippen LogP contribution in [0.4, 0.5) is 4.39 Å². The number of nitrogens with zero attached hydrogens (tertiary/aromatic N) is 1. The molecule has 2 rings (SSSR count). The minimum absolute atomic E-state index is 0.254. The predicted molar refractivity (Wildman–Crippen MR) is 66.8 cm³/mol. The third-order valence-corrected chi connectivity index (χ3v) is 2.56. The lowest BCUT2D eigenvalue weighted by molar-refractivity contribution is 0.0946. The zero-order valence-corrected chi connectivity index (χ0v) is 10.1.